The van der Waals surface area contributed by atoms with E-state index in [2.05, 4.69) is 37.9 Å². The van der Waals surface area contributed by atoms with Crippen molar-refractivity contribution >= 4 is 0 Å². The van der Waals surface area contributed by atoms with Gasteiger partial charge in [0.1, 0.15) is 0 Å². The van der Waals surface area contributed by atoms with Crippen molar-refractivity contribution in [3.05, 3.63) is 0 Å². The molecule has 3 atom stereocenters. The smallest absolute Gasteiger partial charge is 0.0193 e. The Hall–Kier alpha value is -0.0800. The predicted octanol–water partition coefficient (Wildman–Crippen LogP) is 2.10. The molecule has 0 amide bonds. The summed E-state index contributed by atoms with van der Waals surface area (Å²) in [4.78, 5) is 2.70. The van der Waals surface area contributed by atoms with Crippen molar-refractivity contribution in [2.45, 2.75) is 52.6 Å². The summed E-state index contributed by atoms with van der Waals surface area (Å²) in [5.74, 6) is 0.954. The summed E-state index contributed by atoms with van der Waals surface area (Å²) in [6.45, 7) is 13.2. The first kappa shape index (κ1) is 11.4. The van der Waals surface area contributed by atoms with Crippen LogP contribution in [0.1, 0.15) is 40.5 Å². The van der Waals surface area contributed by atoms with Gasteiger partial charge < -0.3 is 5.32 Å². The van der Waals surface area contributed by atoms with Crippen LogP contribution in [0, 0.1) is 11.3 Å². The van der Waals surface area contributed by atoms with Crippen molar-refractivity contribution in [3.8, 4) is 0 Å². The Bertz CT molecular complexity index is 225. The number of rotatable bonds is 3. The quantitative estimate of drug-likeness (QED) is 0.767. The van der Waals surface area contributed by atoms with Gasteiger partial charge >= 0.3 is 0 Å². The Kier molecular flexibility index (Phi) is 3.09. The van der Waals surface area contributed by atoms with Crippen molar-refractivity contribution in [2.24, 2.45) is 11.3 Å². The van der Waals surface area contributed by atoms with E-state index in [9.17, 15) is 0 Å². The zero-order chi connectivity index (χ0) is 11.1. The summed E-state index contributed by atoms with van der Waals surface area (Å²) in [5.41, 5.74) is 0.631. The summed E-state index contributed by atoms with van der Waals surface area (Å²) in [6.07, 6.45) is 2.69. The van der Waals surface area contributed by atoms with Crippen molar-refractivity contribution in [1.29, 1.82) is 0 Å². The molecule has 3 unspecified atom stereocenters. The van der Waals surface area contributed by atoms with Crippen molar-refractivity contribution < 1.29 is 0 Å². The van der Waals surface area contributed by atoms with Crippen LogP contribution in [0.2, 0.25) is 0 Å². The van der Waals surface area contributed by atoms with Gasteiger partial charge in [-0.2, -0.15) is 0 Å². The lowest BCUT2D eigenvalue weighted by Gasteiger charge is -2.39. The van der Waals surface area contributed by atoms with Crippen molar-refractivity contribution in [2.75, 3.05) is 19.6 Å². The highest BCUT2D eigenvalue weighted by Crippen LogP contribution is 2.52. The van der Waals surface area contributed by atoms with Gasteiger partial charge in [-0.25, -0.2) is 0 Å². The fraction of sp³-hybridized carbons (Fsp3) is 1.00. The SMILES string of the molecule is CCC1CN(CC2CC2(C)C)C(C)CN1. The highest BCUT2D eigenvalue weighted by Gasteiger charge is 2.46. The van der Waals surface area contributed by atoms with E-state index in [-0.39, 0.29) is 0 Å². The molecule has 1 aliphatic carbocycles. The minimum absolute atomic E-state index is 0.631. The maximum atomic E-state index is 3.62. The molecular formula is C13H26N2. The number of hydrogen-bond acceptors (Lipinski definition) is 2. The molecule has 0 aromatic rings. The Morgan fingerprint density at radius 3 is 2.60 bits per heavy atom. The molecule has 0 aromatic heterocycles. The minimum Gasteiger partial charge on any atom is -0.311 e. The van der Waals surface area contributed by atoms with Gasteiger partial charge in [0, 0.05) is 31.7 Å². The molecule has 1 heterocycles. The van der Waals surface area contributed by atoms with Gasteiger partial charge in [-0.15, -0.1) is 0 Å². The van der Waals surface area contributed by atoms with Gasteiger partial charge in [0.25, 0.3) is 0 Å². The molecule has 2 fully saturated rings. The first-order valence-corrected chi connectivity index (χ1v) is 6.50. The third-order valence-corrected chi connectivity index (χ3v) is 4.45. The molecule has 2 rings (SSSR count). The van der Waals surface area contributed by atoms with E-state index in [1.54, 1.807) is 0 Å². The minimum atomic E-state index is 0.631. The molecule has 88 valence electrons. The molecule has 2 aliphatic rings. The van der Waals surface area contributed by atoms with Gasteiger partial charge in [0.05, 0.1) is 0 Å². The maximum Gasteiger partial charge on any atom is 0.0193 e. The van der Waals surface area contributed by atoms with Crippen LogP contribution in [-0.4, -0.2) is 36.6 Å². The van der Waals surface area contributed by atoms with E-state index in [4.69, 9.17) is 0 Å². The Balaban J connectivity index is 1.84. The number of piperazine rings is 1. The van der Waals surface area contributed by atoms with Crippen molar-refractivity contribution in [1.82, 2.24) is 10.2 Å². The highest BCUT2D eigenvalue weighted by molar-refractivity contribution is 4.98. The van der Waals surface area contributed by atoms with E-state index in [1.165, 1.54) is 32.5 Å². The number of nitrogens with zero attached hydrogens (tertiary/aromatic N) is 1. The summed E-state index contributed by atoms with van der Waals surface area (Å²) < 4.78 is 0. The van der Waals surface area contributed by atoms with Crippen LogP contribution in [0.3, 0.4) is 0 Å². The average molecular weight is 210 g/mol. The van der Waals surface area contributed by atoms with Gasteiger partial charge in [-0.3, -0.25) is 4.90 Å². The van der Waals surface area contributed by atoms with E-state index in [0.717, 1.165) is 18.0 Å². The zero-order valence-electron chi connectivity index (χ0n) is 10.7. The zero-order valence-corrected chi connectivity index (χ0v) is 10.7. The van der Waals surface area contributed by atoms with Crippen LogP contribution in [0.15, 0.2) is 0 Å². The normalized spacial score (nSPS) is 40.4. The van der Waals surface area contributed by atoms with Gasteiger partial charge in [0.15, 0.2) is 0 Å². The van der Waals surface area contributed by atoms with E-state index >= 15 is 0 Å². The lowest BCUT2D eigenvalue weighted by molar-refractivity contribution is 0.128. The number of nitrogens with one attached hydrogen (secondary N) is 1. The average Bonchev–Trinajstić information content (AvgIpc) is 2.78. The summed E-state index contributed by atoms with van der Waals surface area (Å²) in [5, 5.41) is 3.62. The van der Waals surface area contributed by atoms with Crippen LogP contribution in [0.4, 0.5) is 0 Å². The number of hydrogen-bond donors (Lipinski definition) is 1. The highest BCUT2D eigenvalue weighted by atomic mass is 15.2. The summed E-state index contributed by atoms with van der Waals surface area (Å²) >= 11 is 0. The fourth-order valence-corrected chi connectivity index (χ4v) is 2.69. The molecule has 1 N–H and O–H groups in total. The van der Waals surface area contributed by atoms with Crippen LogP contribution >= 0.6 is 0 Å². The van der Waals surface area contributed by atoms with Crippen LogP contribution in [0.5, 0.6) is 0 Å². The van der Waals surface area contributed by atoms with E-state index in [1.807, 2.05) is 0 Å². The lowest BCUT2D eigenvalue weighted by atomic mass is 10.1. The van der Waals surface area contributed by atoms with Crippen molar-refractivity contribution in [3.63, 3.8) is 0 Å². The molecule has 1 aliphatic heterocycles. The first-order valence-electron chi connectivity index (χ1n) is 6.50. The second-order valence-electron chi connectivity index (χ2n) is 6.21. The molecular weight excluding hydrogens is 184 g/mol. The predicted molar refractivity (Wildman–Crippen MR) is 65.0 cm³/mol. The molecule has 1 saturated heterocycles. The van der Waals surface area contributed by atoms with E-state index in [0.29, 0.717) is 5.41 Å². The maximum absolute atomic E-state index is 3.62. The third kappa shape index (κ3) is 2.54. The second kappa shape index (κ2) is 4.06. The molecule has 0 radical (unpaired) electrons. The molecule has 0 bridgehead atoms. The van der Waals surface area contributed by atoms with Crippen LogP contribution < -0.4 is 5.32 Å². The molecule has 15 heavy (non-hydrogen) atoms. The van der Waals surface area contributed by atoms with Gasteiger partial charge in [-0.05, 0) is 31.1 Å². The molecule has 0 spiro atoms. The summed E-state index contributed by atoms with van der Waals surface area (Å²) in [6, 6.07) is 1.45. The van der Waals surface area contributed by atoms with Gasteiger partial charge in [-0.1, -0.05) is 20.8 Å². The monoisotopic (exact) mass is 210 g/mol. The molecule has 0 aromatic carbocycles. The fourth-order valence-electron chi connectivity index (χ4n) is 2.69. The Labute approximate surface area is 94.4 Å². The second-order valence-corrected chi connectivity index (χ2v) is 6.21. The first-order chi connectivity index (χ1) is 7.03. The molecule has 2 heteroatoms. The topological polar surface area (TPSA) is 15.3 Å². The lowest BCUT2D eigenvalue weighted by Crippen LogP contribution is -2.55. The third-order valence-electron chi connectivity index (χ3n) is 4.45. The van der Waals surface area contributed by atoms with Gasteiger partial charge in [0.2, 0.25) is 0 Å². The summed E-state index contributed by atoms with van der Waals surface area (Å²) in [7, 11) is 0. The standard InChI is InChI=1S/C13H26N2/c1-5-12-9-15(10(2)7-14-12)8-11-6-13(11,3)4/h10-12,14H,5-9H2,1-4H3. The molecule has 2 nitrogen and oxygen atoms in total. The van der Waals surface area contributed by atoms with Crippen LogP contribution in [-0.2, 0) is 0 Å². The van der Waals surface area contributed by atoms with E-state index < -0.39 is 0 Å². The molecule has 1 saturated carbocycles. The van der Waals surface area contributed by atoms with Crippen LogP contribution in [0.25, 0.3) is 0 Å². The largest absolute Gasteiger partial charge is 0.311 e. The Morgan fingerprint density at radius 2 is 2.07 bits per heavy atom. The Morgan fingerprint density at radius 1 is 1.40 bits per heavy atom.